The van der Waals surface area contributed by atoms with Crippen LogP contribution in [0.4, 0.5) is 0 Å². The van der Waals surface area contributed by atoms with Gasteiger partial charge in [0.25, 0.3) is 0 Å². The van der Waals surface area contributed by atoms with E-state index in [0.29, 0.717) is 10.0 Å². The number of hydrogen-bond donors (Lipinski definition) is 2. The number of benzene rings is 2. The summed E-state index contributed by atoms with van der Waals surface area (Å²) in [4.78, 5) is 0. The van der Waals surface area contributed by atoms with Crippen LogP contribution in [0.2, 0.25) is 0 Å². The number of halogens is 4. The quantitative estimate of drug-likeness (QED) is 0.336. The lowest BCUT2D eigenvalue weighted by molar-refractivity contribution is 0.432. The number of aromatic hydroxyl groups is 2. The Hall–Kier alpha value is -0.0400. The summed E-state index contributed by atoms with van der Waals surface area (Å²) in [6.07, 6.45) is 0. The SMILES string of the molecule is CC(C)(c1ccccc1O)c1c(O)c(Br)c(Br)c(Br)c1Br. The van der Waals surface area contributed by atoms with Crippen molar-refractivity contribution in [3.8, 4) is 11.5 Å². The van der Waals surface area contributed by atoms with Gasteiger partial charge in [-0.25, -0.2) is 0 Å². The maximum absolute atomic E-state index is 10.6. The number of hydrogen-bond acceptors (Lipinski definition) is 2. The van der Waals surface area contributed by atoms with Gasteiger partial charge in [-0.05, 0) is 69.8 Å². The minimum absolute atomic E-state index is 0.130. The standard InChI is InChI=1S/C15H12Br4O2/c1-15(2,7-5-3-4-6-8(7)20)9-10(16)11(17)12(18)13(19)14(9)21/h3-6,20-21H,1-2H3. The van der Waals surface area contributed by atoms with E-state index in [2.05, 4.69) is 63.7 Å². The molecule has 112 valence electrons. The molecule has 0 saturated heterocycles. The molecule has 21 heavy (non-hydrogen) atoms. The third-order valence-electron chi connectivity index (χ3n) is 3.44. The van der Waals surface area contributed by atoms with Crippen molar-refractivity contribution in [1.29, 1.82) is 0 Å². The molecule has 0 heterocycles. The molecule has 0 aliphatic rings. The lowest BCUT2D eigenvalue weighted by Crippen LogP contribution is -2.20. The molecule has 6 heteroatoms. The smallest absolute Gasteiger partial charge is 0.136 e. The van der Waals surface area contributed by atoms with E-state index < -0.39 is 5.41 Å². The van der Waals surface area contributed by atoms with Crippen molar-refractivity contribution >= 4 is 63.7 Å². The van der Waals surface area contributed by atoms with E-state index in [-0.39, 0.29) is 11.5 Å². The minimum atomic E-state index is -0.597. The summed E-state index contributed by atoms with van der Waals surface area (Å²) < 4.78 is 2.83. The van der Waals surface area contributed by atoms with Crippen molar-refractivity contribution in [1.82, 2.24) is 0 Å². The summed E-state index contributed by atoms with van der Waals surface area (Å²) in [6.45, 7) is 3.91. The van der Waals surface area contributed by atoms with Gasteiger partial charge in [0.1, 0.15) is 11.5 Å². The lowest BCUT2D eigenvalue weighted by Gasteiger charge is -2.30. The second-order valence-electron chi connectivity index (χ2n) is 5.12. The van der Waals surface area contributed by atoms with Crippen LogP contribution < -0.4 is 0 Å². The van der Waals surface area contributed by atoms with Gasteiger partial charge in [-0.2, -0.15) is 0 Å². The predicted molar refractivity (Wildman–Crippen MR) is 99.1 cm³/mol. The van der Waals surface area contributed by atoms with Crippen molar-refractivity contribution in [2.24, 2.45) is 0 Å². The Bertz CT molecular complexity index is 682. The maximum atomic E-state index is 10.6. The molecule has 0 amide bonds. The molecule has 0 radical (unpaired) electrons. The first-order valence-corrected chi connectivity index (χ1v) is 9.20. The Morgan fingerprint density at radius 2 is 1.33 bits per heavy atom. The van der Waals surface area contributed by atoms with Crippen LogP contribution >= 0.6 is 63.7 Å². The van der Waals surface area contributed by atoms with Crippen molar-refractivity contribution in [3.05, 3.63) is 53.3 Å². The normalized spacial score (nSPS) is 11.7. The Morgan fingerprint density at radius 3 is 1.90 bits per heavy atom. The van der Waals surface area contributed by atoms with Crippen LogP contribution in [-0.2, 0) is 5.41 Å². The summed E-state index contributed by atoms with van der Waals surface area (Å²) in [6, 6.07) is 7.14. The molecule has 0 bridgehead atoms. The molecular formula is C15H12Br4O2. The molecule has 0 aromatic heterocycles. The average Bonchev–Trinajstić information content (AvgIpc) is 2.43. The maximum Gasteiger partial charge on any atom is 0.136 e. The molecular weight excluding hydrogens is 532 g/mol. The highest BCUT2D eigenvalue weighted by atomic mass is 79.9. The van der Waals surface area contributed by atoms with Crippen molar-refractivity contribution < 1.29 is 10.2 Å². The fraction of sp³-hybridized carbons (Fsp3) is 0.200. The van der Waals surface area contributed by atoms with E-state index in [1.165, 1.54) is 0 Å². The predicted octanol–water partition coefficient (Wildman–Crippen LogP) is 6.47. The van der Waals surface area contributed by atoms with Gasteiger partial charge in [-0.3, -0.25) is 0 Å². The van der Waals surface area contributed by atoms with Gasteiger partial charge >= 0.3 is 0 Å². The van der Waals surface area contributed by atoms with Gasteiger partial charge in [-0.1, -0.05) is 32.0 Å². The Morgan fingerprint density at radius 1 is 0.810 bits per heavy atom. The van der Waals surface area contributed by atoms with Gasteiger partial charge in [0.15, 0.2) is 0 Å². The highest BCUT2D eigenvalue weighted by molar-refractivity contribution is 9.15. The molecule has 0 atom stereocenters. The summed E-state index contributed by atoms with van der Waals surface area (Å²) in [5.74, 6) is 0.328. The average molecular weight is 544 g/mol. The second kappa shape index (κ2) is 6.22. The molecule has 2 aromatic carbocycles. The first-order chi connectivity index (χ1) is 9.69. The number of phenols is 2. The second-order valence-corrected chi connectivity index (χ2v) is 8.29. The van der Waals surface area contributed by atoms with Gasteiger partial charge in [-0.15, -0.1) is 0 Å². The summed E-state index contributed by atoms with van der Waals surface area (Å²) >= 11 is 13.8. The van der Waals surface area contributed by atoms with Crippen LogP contribution in [0.1, 0.15) is 25.0 Å². The van der Waals surface area contributed by atoms with Crippen LogP contribution in [0.15, 0.2) is 42.2 Å². The van der Waals surface area contributed by atoms with E-state index in [1.54, 1.807) is 12.1 Å². The van der Waals surface area contributed by atoms with Crippen molar-refractivity contribution in [2.45, 2.75) is 19.3 Å². The van der Waals surface area contributed by atoms with Gasteiger partial charge in [0.2, 0.25) is 0 Å². The molecule has 0 fully saturated rings. The van der Waals surface area contributed by atoms with Gasteiger partial charge < -0.3 is 10.2 Å². The minimum Gasteiger partial charge on any atom is -0.508 e. The molecule has 2 aromatic rings. The van der Waals surface area contributed by atoms with E-state index in [0.717, 1.165) is 19.0 Å². The first-order valence-electron chi connectivity index (χ1n) is 6.03. The zero-order chi connectivity index (χ0) is 15.9. The molecule has 0 spiro atoms. The van der Waals surface area contributed by atoms with Gasteiger partial charge in [0.05, 0.1) is 8.95 Å². The number of phenolic OH excluding ortho intramolecular Hbond substituents is 2. The van der Waals surface area contributed by atoms with E-state index in [4.69, 9.17) is 0 Å². The zero-order valence-electron chi connectivity index (χ0n) is 11.2. The molecule has 0 aliphatic carbocycles. The van der Waals surface area contributed by atoms with Crippen LogP contribution in [0.5, 0.6) is 11.5 Å². The molecule has 0 saturated carbocycles. The van der Waals surface area contributed by atoms with Crippen LogP contribution in [0, 0.1) is 0 Å². The third-order valence-corrected chi connectivity index (χ3v) is 8.19. The van der Waals surface area contributed by atoms with Gasteiger partial charge in [0, 0.05) is 25.5 Å². The lowest BCUT2D eigenvalue weighted by atomic mass is 9.77. The van der Waals surface area contributed by atoms with Crippen LogP contribution in [-0.4, -0.2) is 10.2 Å². The number of rotatable bonds is 2. The number of para-hydroxylation sites is 1. The van der Waals surface area contributed by atoms with Crippen LogP contribution in [0.3, 0.4) is 0 Å². The highest BCUT2D eigenvalue weighted by Gasteiger charge is 2.33. The zero-order valence-corrected chi connectivity index (χ0v) is 17.6. The fourth-order valence-electron chi connectivity index (χ4n) is 2.33. The third kappa shape index (κ3) is 2.92. The largest absolute Gasteiger partial charge is 0.508 e. The van der Waals surface area contributed by atoms with Crippen LogP contribution in [0.25, 0.3) is 0 Å². The first kappa shape index (κ1) is 17.3. The van der Waals surface area contributed by atoms with E-state index >= 15 is 0 Å². The summed E-state index contributed by atoms with van der Waals surface area (Å²) in [5, 5.41) is 20.7. The van der Waals surface area contributed by atoms with Crippen molar-refractivity contribution in [3.63, 3.8) is 0 Å². The molecule has 0 aliphatic heterocycles. The van der Waals surface area contributed by atoms with E-state index in [9.17, 15) is 10.2 Å². The highest BCUT2D eigenvalue weighted by Crippen LogP contribution is 2.52. The Kier molecular flexibility index (Phi) is 5.13. The molecule has 0 unspecified atom stereocenters. The molecule has 2 rings (SSSR count). The Labute approximate surface area is 157 Å². The molecule has 2 nitrogen and oxygen atoms in total. The monoisotopic (exact) mass is 540 g/mol. The summed E-state index contributed by atoms with van der Waals surface area (Å²) in [5.41, 5.74) is 0.827. The summed E-state index contributed by atoms with van der Waals surface area (Å²) in [7, 11) is 0. The van der Waals surface area contributed by atoms with E-state index in [1.807, 2.05) is 26.0 Å². The van der Waals surface area contributed by atoms with Crippen molar-refractivity contribution in [2.75, 3.05) is 0 Å². The molecule has 2 N–H and O–H groups in total. The Balaban J connectivity index is 2.80. The fourth-order valence-corrected chi connectivity index (χ4v) is 4.92. The topological polar surface area (TPSA) is 40.5 Å².